The molecule has 1 heterocycles. The van der Waals surface area contributed by atoms with Gasteiger partial charge in [-0.2, -0.15) is 4.31 Å². The quantitative estimate of drug-likeness (QED) is 0.914. The summed E-state index contributed by atoms with van der Waals surface area (Å²) in [7, 11) is -3.58. The summed E-state index contributed by atoms with van der Waals surface area (Å²) in [5.41, 5.74) is 2.03. The first-order valence-electron chi connectivity index (χ1n) is 8.46. The summed E-state index contributed by atoms with van der Waals surface area (Å²) < 4.78 is 27.6. The van der Waals surface area contributed by atoms with Gasteiger partial charge in [-0.15, -0.1) is 0 Å². The summed E-state index contributed by atoms with van der Waals surface area (Å²) in [6, 6.07) is 16.3. The van der Waals surface area contributed by atoms with E-state index < -0.39 is 16.1 Å². The van der Waals surface area contributed by atoms with Gasteiger partial charge in [0.2, 0.25) is 10.0 Å². The minimum atomic E-state index is -3.58. The molecule has 25 heavy (non-hydrogen) atoms. The molecule has 0 radical (unpaired) electrons. The van der Waals surface area contributed by atoms with E-state index in [2.05, 4.69) is 0 Å². The standard InChI is InChI=1S/C20H23NO3S/c1-16-7-11-20(12-8-16)25(23,24)21-14-13-19(22)15-18(21)10-9-17-5-3-2-4-6-17/h2-12,18-19,22H,13-15H2,1H3/b10-9+/t18-,19+/m0/s1. The van der Waals surface area contributed by atoms with Crippen LogP contribution in [-0.4, -0.2) is 36.5 Å². The van der Waals surface area contributed by atoms with Crippen molar-refractivity contribution < 1.29 is 13.5 Å². The van der Waals surface area contributed by atoms with Gasteiger partial charge in [-0.1, -0.05) is 60.2 Å². The van der Waals surface area contributed by atoms with E-state index in [1.54, 1.807) is 24.3 Å². The normalized spacial score (nSPS) is 22.3. The highest BCUT2D eigenvalue weighted by Crippen LogP contribution is 2.27. The Morgan fingerprint density at radius 1 is 1.08 bits per heavy atom. The van der Waals surface area contributed by atoms with Crippen molar-refractivity contribution in [2.45, 2.75) is 36.8 Å². The van der Waals surface area contributed by atoms with Crippen molar-refractivity contribution in [3.63, 3.8) is 0 Å². The number of benzene rings is 2. The first-order valence-corrected chi connectivity index (χ1v) is 9.90. The Kier molecular flexibility index (Phi) is 5.37. The molecule has 4 nitrogen and oxygen atoms in total. The molecule has 1 N–H and O–H groups in total. The first kappa shape index (κ1) is 17.9. The van der Waals surface area contributed by atoms with Crippen LogP contribution in [0.4, 0.5) is 0 Å². The van der Waals surface area contributed by atoms with Gasteiger partial charge in [0.1, 0.15) is 0 Å². The van der Waals surface area contributed by atoms with Crippen molar-refractivity contribution >= 4 is 16.1 Å². The Morgan fingerprint density at radius 3 is 2.44 bits per heavy atom. The molecule has 1 aliphatic heterocycles. The highest BCUT2D eigenvalue weighted by atomic mass is 32.2. The monoisotopic (exact) mass is 357 g/mol. The molecular formula is C20H23NO3S. The predicted molar refractivity (Wildman–Crippen MR) is 99.6 cm³/mol. The number of aliphatic hydroxyl groups is 1. The highest BCUT2D eigenvalue weighted by molar-refractivity contribution is 7.89. The van der Waals surface area contributed by atoms with Crippen LogP contribution in [0.3, 0.4) is 0 Å². The number of aryl methyl sites for hydroxylation is 1. The molecule has 3 rings (SSSR count). The van der Waals surface area contributed by atoms with Gasteiger partial charge in [-0.05, 0) is 37.5 Å². The fourth-order valence-electron chi connectivity index (χ4n) is 3.06. The maximum Gasteiger partial charge on any atom is 0.243 e. The lowest BCUT2D eigenvalue weighted by Crippen LogP contribution is -2.46. The molecule has 2 atom stereocenters. The van der Waals surface area contributed by atoms with Crippen LogP contribution in [0, 0.1) is 6.92 Å². The van der Waals surface area contributed by atoms with Gasteiger partial charge in [-0.25, -0.2) is 8.42 Å². The summed E-state index contributed by atoms with van der Waals surface area (Å²) in [4.78, 5) is 0.299. The number of piperidine rings is 1. The van der Waals surface area contributed by atoms with Crippen LogP contribution in [-0.2, 0) is 10.0 Å². The number of sulfonamides is 1. The predicted octanol–water partition coefficient (Wildman–Crippen LogP) is 3.22. The van der Waals surface area contributed by atoms with E-state index in [1.165, 1.54) is 4.31 Å². The van der Waals surface area contributed by atoms with E-state index >= 15 is 0 Å². The molecule has 0 aromatic heterocycles. The minimum Gasteiger partial charge on any atom is -0.393 e. The third-order valence-corrected chi connectivity index (χ3v) is 6.44. The first-order chi connectivity index (χ1) is 12.0. The Balaban J connectivity index is 1.89. The van der Waals surface area contributed by atoms with E-state index in [1.807, 2.05) is 49.4 Å². The van der Waals surface area contributed by atoms with Crippen molar-refractivity contribution in [1.82, 2.24) is 4.31 Å². The topological polar surface area (TPSA) is 57.6 Å². The van der Waals surface area contributed by atoms with Gasteiger partial charge >= 0.3 is 0 Å². The maximum absolute atomic E-state index is 13.0. The van der Waals surface area contributed by atoms with Crippen LogP contribution < -0.4 is 0 Å². The smallest absolute Gasteiger partial charge is 0.243 e. The fraction of sp³-hybridized carbons (Fsp3) is 0.300. The molecule has 0 aliphatic carbocycles. The van der Waals surface area contributed by atoms with Crippen LogP contribution in [0.25, 0.3) is 6.08 Å². The van der Waals surface area contributed by atoms with Crippen LogP contribution >= 0.6 is 0 Å². The number of hydrogen-bond donors (Lipinski definition) is 1. The van der Waals surface area contributed by atoms with Crippen LogP contribution in [0.15, 0.2) is 65.6 Å². The number of rotatable bonds is 4. The summed E-state index contributed by atoms with van der Waals surface area (Å²) in [6.45, 7) is 2.25. The lowest BCUT2D eigenvalue weighted by atomic mass is 10.0. The van der Waals surface area contributed by atoms with Gasteiger partial charge in [0.05, 0.1) is 11.0 Å². The molecule has 1 aliphatic rings. The van der Waals surface area contributed by atoms with Gasteiger partial charge < -0.3 is 5.11 Å². The lowest BCUT2D eigenvalue weighted by molar-refractivity contribution is 0.0947. The van der Waals surface area contributed by atoms with Crippen molar-refractivity contribution in [1.29, 1.82) is 0 Å². The summed E-state index contributed by atoms with van der Waals surface area (Å²) in [6.07, 6.45) is 4.19. The Bertz CT molecular complexity index is 829. The number of aliphatic hydroxyl groups excluding tert-OH is 1. The van der Waals surface area contributed by atoms with Gasteiger partial charge in [-0.3, -0.25) is 0 Å². The zero-order valence-corrected chi connectivity index (χ0v) is 15.1. The molecular weight excluding hydrogens is 334 g/mol. The second-order valence-electron chi connectivity index (χ2n) is 6.44. The molecule has 0 bridgehead atoms. The average molecular weight is 357 g/mol. The lowest BCUT2D eigenvalue weighted by Gasteiger charge is -2.35. The SMILES string of the molecule is Cc1ccc(S(=O)(=O)N2CC[C@@H](O)C[C@@H]2/C=C/c2ccccc2)cc1. The summed E-state index contributed by atoms with van der Waals surface area (Å²) >= 11 is 0. The van der Waals surface area contributed by atoms with E-state index in [-0.39, 0.29) is 6.04 Å². The fourth-order valence-corrected chi connectivity index (χ4v) is 4.67. The average Bonchev–Trinajstić information content (AvgIpc) is 2.61. The van der Waals surface area contributed by atoms with Crippen molar-refractivity contribution in [3.8, 4) is 0 Å². The molecule has 5 heteroatoms. The Labute approximate surface area is 149 Å². The van der Waals surface area contributed by atoms with E-state index in [0.29, 0.717) is 24.3 Å². The minimum absolute atomic E-state index is 0.299. The van der Waals surface area contributed by atoms with Gasteiger partial charge in [0.25, 0.3) is 0 Å². The second-order valence-corrected chi connectivity index (χ2v) is 8.33. The van der Waals surface area contributed by atoms with E-state index in [4.69, 9.17) is 0 Å². The largest absolute Gasteiger partial charge is 0.393 e. The molecule has 2 aromatic rings. The van der Waals surface area contributed by atoms with Crippen molar-refractivity contribution in [2.75, 3.05) is 6.54 Å². The van der Waals surface area contributed by atoms with Gasteiger partial charge in [0.15, 0.2) is 0 Å². The van der Waals surface area contributed by atoms with Crippen LogP contribution in [0.5, 0.6) is 0 Å². The maximum atomic E-state index is 13.0. The zero-order valence-electron chi connectivity index (χ0n) is 14.2. The van der Waals surface area contributed by atoms with E-state index in [0.717, 1.165) is 11.1 Å². The summed E-state index contributed by atoms with van der Waals surface area (Å²) in [5.74, 6) is 0. The molecule has 0 unspecified atom stereocenters. The number of nitrogens with zero attached hydrogens (tertiary/aromatic N) is 1. The van der Waals surface area contributed by atoms with E-state index in [9.17, 15) is 13.5 Å². The molecule has 0 spiro atoms. The second kappa shape index (κ2) is 7.52. The molecule has 1 fully saturated rings. The molecule has 0 saturated carbocycles. The zero-order chi connectivity index (χ0) is 17.9. The van der Waals surface area contributed by atoms with Gasteiger partial charge in [0, 0.05) is 12.6 Å². The molecule has 1 saturated heterocycles. The Hall–Kier alpha value is -1.95. The number of hydrogen-bond acceptors (Lipinski definition) is 3. The molecule has 0 amide bonds. The van der Waals surface area contributed by atoms with Crippen molar-refractivity contribution in [3.05, 3.63) is 71.8 Å². The third kappa shape index (κ3) is 4.18. The molecule has 2 aromatic carbocycles. The summed E-state index contributed by atoms with van der Waals surface area (Å²) in [5, 5.41) is 10.0. The molecule has 132 valence electrons. The third-order valence-electron chi connectivity index (χ3n) is 4.50. The van der Waals surface area contributed by atoms with Crippen LogP contribution in [0.2, 0.25) is 0 Å². The highest BCUT2D eigenvalue weighted by Gasteiger charge is 2.35. The van der Waals surface area contributed by atoms with Crippen LogP contribution in [0.1, 0.15) is 24.0 Å². The Morgan fingerprint density at radius 2 is 1.76 bits per heavy atom. The van der Waals surface area contributed by atoms with Crippen molar-refractivity contribution in [2.24, 2.45) is 0 Å².